The van der Waals surface area contributed by atoms with E-state index in [1.807, 2.05) is 18.9 Å². The zero-order chi connectivity index (χ0) is 12.2. The van der Waals surface area contributed by atoms with Crippen molar-refractivity contribution < 1.29 is 13.5 Å². The van der Waals surface area contributed by atoms with Gasteiger partial charge in [0.15, 0.2) is 9.84 Å². The van der Waals surface area contributed by atoms with Crippen LogP contribution in [-0.4, -0.2) is 68.8 Å². The molecule has 0 aromatic rings. The van der Waals surface area contributed by atoms with Crippen molar-refractivity contribution in [3.8, 4) is 0 Å². The van der Waals surface area contributed by atoms with Crippen LogP contribution in [-0.2, 0) is 9.84 Å². The Bertz CT molecular complexity index is 305. The fourth-order valence-electron chi connectivity index (χ4n) is 1.98. The van der Waals surface area contributed by atoms with Gasteiger partial charge in [-0.15, -0.1) is 0 Å². The topological polar surface area (TPSA) is 69.6 Å². The number of aliphatic hydroxyl groups is 1. The molecule has 0 amide bonds. The normalized spacial score (nSPS) is 26.1. The Balaban J connectivity index is 2.33. The number of aliphatic hydroxyl groups excluding tert-OH is 1. The first kappa shape index (κ1) is 13.9. The molecule has 6 heteroatoms. The molecule has 1 rings (SSSR count). The quantitative estimate of drug-likeness (QED) is 0.638. The van der Waals surface area contributed by atoms with E-state index in [4.69, 9.17) is 0 Å². The van der Waals surface area contributed by atoms with E-state index in [9.17, 15) is 13.5 Å². The highest BCUT2D eigenvalue weighted by Crippen LogP contribution is 2.16. The van der Waals surface area contributed by atoms with Crippen molar-refractivity contribution in [2.24, 2.45) is 0 Å². The zero-order valence-electron chi connectivity index (χ0n) is 10.0. The van der Waals surface area contributed by atoms with Gasteiger partial charge in [0.2, 0.25) is 0 Å². The summed E-state index contributed by atoms with van der Waals surface area (Å²) in [6.45, 7) is 3.89. The maximum Gasteiger partial charge on any atom is 0.151 e. The van der Waals surface area contributed by atoms with Gasteiger partial charge in [0, 0.05) is 19.1 Å². The lowest BCUT2D eigenvalue weighted by atomic mass is 10.2. The monoisotopic (exact) mass is 250 g/mol. The Morgan fingerprint density at radius 3 is 2.75 bits per heavy atom. The highest BCUT2D eigenvalue weighted by molar-refractivity contribution is 7.91. The van der Waals surface area contributed by atoms with Crippen LogP contribution in [0.4, 0.5) is 0 Å². The summed E-state index contributed by atoms with van der Waals surface area (Å²) in [5.74, 6) is 0.517. The second-order valence-electron chi connectivity index (χ2n) is 4.46. The third-order valence-electron chi connectivity index (χ3n) is 2.96. The smallest absolute Gasteiger partial charge is 0.151 e. The van der Waals surface area contributed by atoms with Gasteiger partial charge in [-0.3, -0.25) is 4.90 Å². The summed E-state index contributed by atoms with van der Waals surface area (Å²) in [7, 11) is -0.956. The second-order valence-corrected chi connectivity index (χ2v) is 6.69. The van der Waals surface area contributed by atoms with Gasteiger partial charge in [-0.25, -0.2) is 8.42 Å². The molecule has 1 aliphatic heterocycles. The molecule has 0 aromatic carbocycles. The highest BCUT2D eigenvalue weighted by atomic mass is 32.2. The van der Waals surface area contributed by atoms with Crippen molar-refractivity contribution in [2.45, 2.75) is 25.5 Å². The lowest BCUT2D eigenvalue weighted by molar-refractivity contribution is 0.108. The van der Waals surface area contributed by atoms with Crippen molar-refractivity contribution in [2.75, 3.05) is 38.2 Å². The van der Waals surface area contributed by atoms with Gasteiger partial charge in [-0.1, -0.05) is 6.92 Å². The minimum atomic E-state index is -2.83. The van der Waals surface area contributed by atoms with E-state index in [1.165, 1.54) is 0 Å². The molecule has 96 valence electrons. The van der Waals surface area contributed by atoms with Crippen molar-refractivity contribution in [1.82, 2.24) is 10.2 Å². The summed E-state index contributed by atoms with van der Waals surface area (Å²) < 4.78 is 22.6. The van der Waals surface area contributed by atoms with Gasteiger partial charge >= 0.3 is 0 Å². The summed E-state index contributed by atoms with van der Waals surface area (Å²) in [5, 5.41) is 12.8. The van der Waals surface area contributed by atoms with Crippen LogP contribution in [0.1, 0.15) is 13.3 Å². The van der Waals surface area contributed by atoms with Crippen molar-refractivity contribution in [3.63, 3.8) is 0 Å². The van der Waals surface area contributed by atoms with E-state index >= 15 is 0 Å². The molecule has 0 saturated carbocycles. The molecule has 1 fully saturated rings. The SMILES string of the molecule is CCNCC(O)CN(C)C1CCS(=O)(=O)C1. The van der Waals surface area contributed by atoms with Crippen LogP contribution >= 0.6 is 0 Å². The first-order chi connectivity index (χ1) is 7.44. The van der Waals surface area contributed by atoms with Gasteiger partial charge in [-0.05, 0) is 20.0 Å². The van der Waals surface area contributed by atoms with Crippen LogP contribution in [0, 0.1) is 0 Å². The molecule has 0 spiro atoms. The molecule has 5 nitrogen and oxygen atoms in total. The van der Waals surface area contributed by atoms with E-state index in [0.717, 1.165) is 6.54 Å². The molecule has 2 atom stereocenters. The number of nitrogens with one attached hydrogen (secondary N) is 1. The first-order valence-electron chi connectivity index (χ1n) is 5.74. The molecule has 1 saturated heterocycles. The van der Waals surface area contributed by atoms with Crippen molar-refractivity contribution >= 4 is 9.84 Å². The number of hydrogen-bond acceptors (Lipinski definition) is 5. The zero-order valence-corrected chi connectivity index (χ0v) is 10.8. The molecule has 2 unspecified atom stereocenters. The summed E-state index contributed by atoms with van der Waals surface area (Å²) in [5.41, 5.74) is 0. The number of nitrogens with zero attached hydrogens (tertiary/aromatic N) is 1. The second kappa shape index (κ2) is 5.95. The summed E-state index contributed by atoms with van der Waals surface area (Å²) in [4.78, 5) is 1.95. The third kappa shape index (κ3) is 4.37. The fourth-order valence-corrected chi connectivity index (χ4v) is 3.79. The average Bonchev–Trinajstić information content (AvgIpc) is 2.56. The molecular formula is C10H22N2O3S. The largest absolute Gasteiger partial charge is 0.390 e. The van der Waals surface area contributed by atoms with Crippen LogP contribution < -0.4 is 5.32 Å². The predicted octanol–water partition coefficient (Wildman–Crippen LogP) is -0.924. The van der Waals surface area contributed by atoms with E-state index in [1.54, 1.807) is 0 Å². The summed E-state index contributed by atoms with van der Waals surface area (Å²) in [6, 6.07) is 0.0706. The van der Waals surface area contributed by atoms with Crippen LogP contribution in [0.5, 0.6) is 0 Å². The van der Waals surface area contributed by atoms with Crippen LogP contribution in [0.3, 0.4) is 0 Å². The Morgan fingerprint density at radius 2 is 2.25 bits per heavy atom. The number of sulfone groups is 1. The lowest BCUT2D eigenvalue weighted by Gasteiger charge is -2.25. The Kier molecular flexibility index (Phi) is 5.17. The average molecular weight is 250 g/mol. The Morgan fingerprint density at radius 1 is 1.56 bits per heavy atom. The minimum absolute atomic E-state index is 0.0706. The molecular weight excluding hydrogens is 228 g/mol. The molecule has 2 N–H and O–H groups in total. The molecule has 1 aliphatic rings. The van der Waals surface area contributed by atoms with E-state index < -0.39 is 15.9 Å². The third-order valence-corrected chi connectivity index (χ3v) is 4.71. The maximum absolute atomic E-state index is 11.3. The molecule has 1 heterocycles. The molecule has 16 heavy (non-hydrogen) atoms. The standard InChI is InChI=1S/C10H22N2O3S/c1-3-11-6-10(13)7-12(2)9-4-5-16(14,15)8-9/h9-11,13H,3-8H2,1-2H3. The van der Waals surface area contributed by atoms with Crippen LogP contribution in [0.25, 0.3) is 0 Å². The van der Waals surface area contributed by atoms with E-state index in [2.05, 4.69) is 5.32 Å². The van der Waals surface area contributed by atoms with Gasteiger partial charge in [0.25, 0.3) is 0 Å². The first-order valence-corrected chi connectivity index (χ1v) is 7.56. The predicted molar refractivity (Wildman–Crippen MR) is 64.2 cm³/mol. The van der Waals surface area contributed by atoms with Gasteiger partial charge < -0.3 is 10.4 Å². The number of likely N-dealkylation sites (N-methyl/N-ethyl adjacent to an activating group) is 2. The minimum Gasteiger partial charge on any atom is -0.390 e. The maximum atomic E-state index is 11.3. The van der Waals surface area contributed by atoms with E-state index in [-0.39, 0.29) is 17.5 Å². The van der Waals surface area contributed by atoms with Crippen LogP contribution in [0.2, 0.25) is 0 Å². The molecule has 0 aromatic heterocycles. The lowest BCUT2D eigenvalue weighted by Crippen LogP contribution is -2.41. The van der Waals surface area contributed by atoms with Crippen molar-refractivity contribution in [1.29, 1.82) is 0 Å². The van der Waals surface area contributed by atoms with E-state index in [0.29, 0.717) is 19.5 Å². The van der Waals surface area contributed by atoms with Gasteiger partial charge in [0.05, 0.1) is 17.6 Å². The molecule has 0 radical (unpaired) electrons. The van der Waals surface area contributed by atoms with Crippen LogP contribution in [0.15, 0.2) is 0 Å². The van der Waals surface area contributed by atoms with Gasteiger partial charge in [-0.2, -0.15) is 0 Å². The molecule has 0 bridgehead atoms. The molecule has 0 aliphatic carbocycles. The van der Waals surface area contributed by atoms with Crippen molar-refractivity contribution in [3.05, 3.63) is 0 Å². The number of hydrogen-bond donors (Lipinski definition) is 2. The Hall–Kier alpha value is -0.170. The summed E-state index contributed by atoms with van der Waals surface area (Å²) >= 11 is 0. The highest BCUT2D eigenvalue weighted by Gasteiger charge is 2.31. The number of rotatable bonds is 6. The fraction of sp³-hybridized carbons (Fsp3) is 1.00. The Labute approximate surface area is 97.7 Å². The summed E-state index contributed by atoms with van der Waals surface area (Å²) in [6.07, 6.45) is 0.250. The van der Waals surface area contributed by atoms with Gasteiger partial charge in [0.1, 0.15) is 0 Å².